The molecule has 0 aliphatic carbocycles. The van der Waals surface area contributed by atoms with Gasteiger partial charge in [-0.3, -0.25) is 0 Å². The lowest BCUT2D eigenvalue weighted by Gasteiger charge is -2.13. The highest BCUT2D eigenvalue weighted by atomic mass is 16.5. The first-order chi connectivity index (χ1) is 8.27. The summed E-state index contributed by atoms with van der Waals surface area (Å²) < 4.78 is 11.3. The van der Waals surface area contributed by atoms with Crippen LogP contribution in [0.5, 0.6) is 11.5 Å². The molecule has 0 amide bonds. The average Bonchev–Trinajstić information content (AvgIpc) is 2.54. The van der Waals surface area contributed by atoms with Crippen LogP contribution >= 0.6 is 0 Å². The molecule has 1 heterocycles. The van der Waals surface area contributed by atoms with E-state index < -0.39 is 0 Å². The van der Waals surface area contributed by atoms with Crippen molar-refractivity contribution in [3.05, 3.63) is 23.8 Å². The Labute approximate surface area is 102 Å². The third-order valence-corrected chi connectivity index (χ3v) is 2.61. The minimum atomic E-state index is -0.338. The summed E-state index contributed by atoms with van der Waals surface area (Å²) in [5.41, 5.74) is 1.07. The van der Waals surface area contributed by atoms with E-state index in [1.807, 2.05) is 18.2 Å². The van der Waals surface area contributed by atoms with E-state index in [2.05, 4.69) is 5.32 Å². The Morgan fingerprint density at radius 2 is 2.18 bits per heavy atom. The van der Waals surface area contributed by atoms with Crippen molar-refractivity contribution in [2.45, 2.75) is 26.0 Å². The lowest BCUT2D eigenvalue weighted by Crippen LogP contribution is -2.24. The highest BCUT2D eigenvalue weighted by Crippen LogP contribution is 2.32. The SMILES string of the molecule is CC(O)CNCc1cccc2c1OCCCO2. The Morgan fingerprint density at radius 1 is 1.35 bits per heavy atom. The molecule has 1 aromatic carbocycles. The molecule has 1 aliphatic rings. The zero-order chi connectivity index (χ0) is 12.1. The van der Waals surface area contributed by atoms with Crippen LogP contribution in [0.15, 0.2) is 18.2 Å². The predicted molar refractivity (Wildman–Crippen MR) is 65.4 cm³/mol. The van der Waals surface area contributed by atoms with Gasteiger partial charge in [-0.05, 0) is 13.0 Å². The van der Waals surface area contributed by atoms with Gasteiger partial charge >= 0.3 is 0 Å². The molecule has 1 unspecified atom stereocenters. The number of hydrogen-bond acceptors (Lipinski definition) is 4. The first-order valence-corrected chi connectivity index (χ1v) is 6.03. The van der Waals surface area contributed by atoms with Crippen molar-refractivity contribution in [1.82, 2.24) is 5.32 Å². The van der Waals surface area contributed by atoms with Gasteiger partial charge in [-0.15, -0.1) is 0 Å². The third-order valence-electron chi connectivity index (χ3n) is 2.61. The summed E-state index contributed by atoms with van der Waals surface area (Å²) in [6, 6.07) is 5.91. The fraction of sp³-hybridized carbons (Fsp3) is 0.538. The summed E-state index contributed by atoms with van der Waals surface area (Å²) in [5, 5.41) is 12.4. The van der Waals surface area contributed by atoms with E-state index in [1.54, 1.807) is 6.92 Å². The van der Waals surface area contributed by atoms with Crippen molar-refractivity contribution in [3.63, 3.8) is 0 Å². The molecule has 0 saturated heterocycles. The molecule has 0 radical (unpaired) electrons. The molecule has 0 bridgehead atoms. The van der Waals surface area contributed by atoms with Crippen LogP contribution in [0, 0.1) is 0 Å². The number of para-hydroxylation sites is 1. The molecular formula is C13H19NO3. The predicted octanol–water partition coefficient (Wildman–Crippen LogP) is 1.32. The molecule has 0 aromatic heterocycles. The van der Waals surface area contributed by atoms with E-state index >= 15 is 0 Å². The Hall–Kier alpha value is -1.26. The van der Waals surface area contributed by atoms with Gasteiger partial charge in [-0.1, -0.05) is 12.1 Å². The van der Waals surface area contributed by atoms with Crippen LogP contribution < -0.4 is 14.8 Å². The molecule has 1 atom stereocenters. The number of nitrogens with one attached hydrogen (secondary N) is 1. The maximum atomic E-state index is 9.20. The van der Waals surface area contributed by atoms with Crippen LogP contribution in [-0.4, -0.2) is 31.0 Å². The van der Waals surface area contributed by atoms with Crippen molar-refractivity contribution in [2.24, 2.45) is 0 Å². The van der Waals surface area contributed by atoms with Crippen molar-refractivity contribution < 1.29 is 14.6 Å². The van der Waals surface area contributed by atoms with Gasteiger partial charge in [0.15, 0.2) is 11.5 Å². The normalized spacial score (nSPS) is 16.4. The fourth-order valence-electron chi connectivity index (χ4n) is 1.81. The fourth-order valence-corrected chi connectivity index (χ4v) is 1.81. The van der Waals surface area contributed by atoms with Crippen LogP contribution in [0.3, 0.4) is 0 Å². The van der Waals surface area contributed by atoms with E-state index in [9.17, 15) is 5.11 Å². The summed E-state index contributed by atoms with van der Waals surface area (Å²) in [7, 11) is 0. The zero-order valence-corrected chi connectivity index (χ0v) is 10.1. The summed E-state index contributed by atoms with van der Waals surface area (Å²) >= 11 is 0. The number of hydrogen-bond donors (Lipinski definition) is 2. The average molecular weight is 237 g/mol. The van der Waals surface area contributed by atoms with Crippen LogP contribution in [0.25, 0.3) is 0 Å². The highest BCUT2D eigenvalue weighted by molar-refractivity contribution is 5.46. The van der Waals surface area contributed by atoms with Crippen molar-refractivity contribution in [3.8, 4) is 11.5 Å². The van der Waals surface area contributed by atoms with Gasteiger partial charge in [0.05, 0.1) is 19.3 Å². The Kier molecular flexibility index (Phi) is 4.23. The summed E-state index contributed by atoms with van der Waals surface area (Å²) in [6.45, 7) is 4.41. The van der Waals surface area contributed by atoms with Crippen molar-refractivity contribution in [2.75, 3.05) is 19.8 Å². The first-order valence-electron chi connectivity index (χ1n) is 6.03. The molecule has 2 N–H and O–H groups in total. The van der Waals surface area contributed by atoms with Crippen LogP contribution in [0.2, 0.25) is 0 Å². The number of ether oxygens (including phenoxy) is 2. The topological polar surface area (TPSA) is 50.7 Å². The van der Waals surface area contributed by atoms with E-state index in [1.165, 1.54) is 0 Å². The first kappa shape index (κ1) is 12.2. The molecule has 2 rings (SSSR count). The van der Waals surface area contributed by atoms with Gasteiger partial charge in [0.2, 0.25) is 0 Å². The van der Waals surface area contributed by atoms with Crippen LogP contribution in [0.4, 0.5) is 0 Å². The second-order valence-electron chi connectivity index (χ2n) is 4.27. The molecule has 4 heteroatoms. The Morgan fingerprint density at radius 3 is 3.00 bits per heavy atom. The van der Waals surface area contributed by atoms with Gasteiger partial charge in [-0.25, -0.2) is 0 Å². The molecule has 94 valence electrons. The van der Waals surface area contributed by atoms with E-state index in [0.717, 1.165) is 23.5 Å². The minimum absolute atomic E-state index is 0.338. The molecule has 0 spiro atoms. The molecule has 0 saturated carbocycles. The smallest absolute Gasteiger partial charge is 0.165 e. The molecule has 17 heavy (non-hydrogen) atoms. The van der Waals surface area contributed by atoms with E-state index in [4.69, 9.17) is 9.47 Å². The number of rotatable bonds is 4. The van der Waals surface area contributed by atoms with Crippen molar-refractivity contribution >= 4 is 0 Å². The van der Waals surface area contributed by atoms with Crippen LogP contribution in [-0.2, 0) is 6.54 Å². The lowest BCUT2D eigenvalue weighted by atomic mass is 10.2. The standard InChI is InChI=1S/C13H19NO3/c1-10(15)8-14-9-11-4-2-5-12-13(11)17-7-3-6-16-12/h2,4-5,10,14-15H,3,6-9H2,1H3. The summed E-state index contributed by atoms with van der Waals surface area (Å²) in [6.07, 6.45) is 0.573. The quantitative estimate of drug-likeness (QED) is 0.829. The van der Waals surface area contributed by atoms with Gasteiger partial charge in [0.1, 0.15) is 0 Å². The number of fused-ring (bicyclic) bond motifs is 1. The number of aliphatic hydroxyl groups is 1. The van der Waals surface area contributed by atoms with Gasteiger partial charge < -0.3 is 19.9 Å². The molecule has 1 aliphatic heterocycles. The van der Waals surface area contributed by atoms with E-state index in [0.29, 0.717) is 26.3 Å². The third kappa shape index (κ3) is 3.35. The van der Waals surface area contributed by atoms with Crippen LogP contribution in [0.1, 0.15) is 18.9 Å². The van der Waals surface area contributed by atoms with Crippen molar-refractivity contribution in [1.29, 1.82) is 0 Å². The Balaban J connectivity index is 2.06. The number of benzene rings is 1. The lowest BCUT2D eigenvalue weighted by molar-refractivity contribution is 0.190. The monoisotopic (exact) mass is 237 g/mol. The molecule has 1 aromatic rings. The Bertz CT molecular complexity index is 366. The molecule has 0 fully saturated rings. The number of aliphatic hydroxyl groups excluding tert-OH is 1. The maximum Gasteiger partial charge on any atom is 0.165 e. The zero-order valence-electron chi connectivity index (χ0n) is 10.1. The van der Waals surface area contributed by atoms with Gasteiger partial charge in [0.25, 0.3) is 0 Å². The molecular weight excluding hydrogens is 218 g/mol. The van der Waals surface area contributed by atoms with Gasteiger partial charge in [0, 0.05) is 25.1 Å². The molecule has 4 nitrogen and oxygen atoms in total. The van der Waals surface area contributed by atoms with Gasteiger partial charge in [-0.2, -0.15) is 0 Å². The highest BCUT2D eigenvalue weighted by Gasteiger charge is 2.13. The summed E-state index contributed by atoms with van der Waals surface area (Å²) in [4.78, 5) is 0. The summed E-state index contributed by atoms with van der Waals surface area (Å²) in [5.74, 6) is 1.65. The second kappa shape index (κ2) is 5.89. The van der Waals surface area contributed by atoms with E-state index in [-0.39, 0.29) is 6.10 Å². The largest absolute Gasteiger partial charge is 0.490 e. The second-order valence-corrected chi connectivity index (χ2v) is 4.27. The maximum absolute atomic E-state index is 9.20. The minimum Gasteiger partial charge on any atom is -0.490 e.